The molecule has 9 heteroatoms. The lowest BCUT2D eigenvalue weighted by Gasteiger charge is -2.02. The van der Waals surface area contributed by atoms with E-state index in [4.69, 9.17) is 4.74 Å². The number of hydrogen-bond donors (Lipinski definition) is 1. The summed E-state index contributed by atoms with van der Waals surface area (Å²) in [6, 6.07) is 1.59. The molecule has 7 nitrogen and oxygen atoms in total. The van der Waals surface area contributed by atoms with E-state index in [1.807, 2.05) is 0 Å². The number of nitrogens with one attached hydrogen (secondary N) is 1. The van der Waals surface area contributed by atoms with Crippen LogP contribution in [0.15, 0.2) is 23.6 Å². The third-order valence-electron chi connectivity index (χ3n) is 2.57. The Morgan fingerprint density at radius 1 is 1.52 bits per heavy atom. The summed E-state index contributed by atoms with van der Waals surface area (Å²) in [4.78, 5) is 15.9. The summed E-state index contributed by atoms with van der Waals surface area (Å²) in [6.07, 6.45) is 2.80. The molecule has 1 N–H and O–H groups in total. The van der Waals surface area contributed by atoms with Crippen molar-refractivity contribution in [1.29, 1.82) is 0 Å². The summed E-state index contributed by atoms with van der Waals surface area (Å²) in [7, 11) is -2.08. The number of carbonyl (C=O) groups is 1. The van der Waals surface area contributed by atoms with E-state index in [9.17, 15) is 13.2 Å². The van der Waals surface area contributed by atoms with Crippen LogP contribution < -0.4 is 4.72 Å². The highest BCUT2D eigenvalue weighted by Gasteiger charge is 2.21. The van der Waals surface area contributed by atoms with Crippen molar-refractivity contribution in [2.45, 2.75) is 18.9 Å². The number of anilines is 1. The second-order valence-electron chi connectivity index (χ2n) is 4.33. The lowest BCUT2D eigenvalue weighted by molar-refractivity contribution is 0.0531. The Bertz CT molecular complexity index is 761. The first kappa shape index (κ1) is 15.5. The van der Waals surface area contributed by atoms with Gasteiger partial charge in [-0.1, -0.05) is 0 Å². The van der Waals surface area contributed by atoms with Gasteiger partial charge in [-0.05, 0) is 25.5 Å². The minimum absolute atomic E-state index is 0.0752. The van der Waals surface area contributed by atoms with Gasteiger partial charge in [-0.15, -0.1) is 11.3 Å². The summed E-state index contributed by atoms with van der Waals surface area (Å²) in [5.41, 5.74) is 0.664. The van der Waals surface area contributed by atoms with E-state index < -0.39 is 16.0 Å². The molecule has 114 valence electrons. The number of imidazole rings is 1. The molecule has 0 unspecified atom stereocenters. The summed E-state index contributed by atoms with van der Waals surface area (Å²) in [5.74, 6) is -0.455. The van der Waals surface area contributed by atoms with Gasteiger partial charge in [0.1, 0.15) is 9.88 Å². The lowest BCUT2D eigenvalue weighted by atomic mass is 10.3. The topological polar surface area (TPSA) is 90.3 Å². The molecule has 0 atom stereocenters. The fraction of sp³-hybridized carbons (Fsp3) is 0.333. The van der Waals surface area contributed by atoms with Gasteiger partial charge in [0.2, 0.25) is 0 Å². The molecule has 0 aliphatic heterocycles. The van der Waals surface area contributed by atoms with E-state index in [0.29, 0.717) is 15.4 Å². The molecule has 2 rings (SSSR count). The second-order valence-corrected chi connectivity index (χ2v) is 7.01. The number of ether oxygens (including phenoxy) is 1. The maximum Gasteiger partial charge on any atom is 0.348 e. The summed E-state index contributed by atoms with van der Waals surface area (Å²) >= 11 is 1.04. The predicted octanol–water partition coefficient (Wildman–Crippen LogP) is 1.77. The van der Waals surface area contributed by atoms with Crippen molar-refractivity contribution in [1.82, 2.24) is 9.55 Å². The number of rotatable bonds is 5. The van der Waals surface area contributed by atoms with E-state index in [1.54, 1.807) is 27.0 Å². The fourth-order valence-corrected chi connectivity index (χ4v) is 3.88. The quantitative estimate of drug-likeness (QED) is 0.844. The molecule has 0 aliphatic carbocycles. The van der Waals surface area contributed by atoms with Crippen LogP contribution in [0.25, 0.3) is 0 Å². The van der Waals surface area contributed by atoms with Crippen LogP contribution in [0.3, 0.4) is 0 Å². The molecule has 0 amide bonds. The van der Waals surface area contributed by atoms with Crippen LogP contribution in [0.4, 0.5) is 5.00 Å². The Kier molecular flexibility index (Phi) is 4.33. The zero-order chi connectivity index (χ0) is 15.6. The number of thiophene rings is 1. The number of aromatic nitrogens is 2. The Morgan fingerprint density at radius 2 is 2.24 bits per heavy atom. The van der Waals surface area contributed by atoms with E-state index in [0.717, 1.165) is 11.3 Å². The number of hydrogen-bond acceptors (Lipinski definition) is 6. The van der Waals surface area contributed by atoms with Gasteiger partial charge in [-0.2, -0.15) is 8.42 Å². The highest BCUT2D eigenvalue weighted by Crippen LogP contribution is 2.29. The zero-order valence-electron chi connectivity index (χ0n) is 11.8. The van der Waals surface area contributed by atoms with Gasteiger partial charge in [0, 0.05) is 13.2 Å². The highest BCUT2D eigenvalue weighted by atomic mass is 32.2. The van der Waals surface area contributed by atoms with Gasteiger partial charge in [0.15, 0.2) is 5.03 Å². The van der Waals surface area contributed by atoms with Crippen molar-refractivity contribution in [3.63, 3.8) is 0 Å². The first-order valence-corrected chi connectivity index (χ1v) is 8.41. The standard InChI is InChI=1S/C12H15N3O4S2/c1-4-19-12(16)11-8(2)5-9(20-11)14-21(17,18)10-6-15(3)7-13-10/h5-7,14H,4H2,1-3H3. The molecule has 2 aromatic heterocycles. The van der Waals surface area contributed by atoms with Crippen LogP contribution in [-0.4, -0.2) is 30.5 Å². The molecule has 0 spiro atoms. The average molecular weight is 329 g/mol. The second kappa shape index (κ2) is 5.86. The smallest absolute Gasteiger partial charge is 0.348 e. The molecule has 0 bridgehead atoms. The van der Waals surface area contributed by atoms with E-state index in [2.05, 4.69) is 9.71 Å². The molecule has 0 saturated heterocycles. The van der Waals surface area contributed by atoms with E-state index in [1.165, 1.54) is 17.1 Å². The van der Waals surface area contributed by atoms with Gasteiger partial charge in [0.05, 0.1) is 12.9 Å². The van der Waals surface area contributed by atoms with Crippen LogP contribution in [0.1, 0.15) is 22.2 Å². The van der Waals surface area contributed by atoms with Gasteiger partial charge < -0.3 is 9.30 Å². The van der Waals surface area contributed by atoms with Crippen LogP contribution in [0, 0.1) is 6.92 Å². The van der Waals surface area contributed by atoms with E-state index in [-0.39, 0.29) is 11.6 Å². The summed E-state index contributed by atoms with van der Waals surface area (Å²) in [6.45, 7) is 3.71. The van der Waals surface area contributed by atoms with Crippen molar-refractivity contribution in [2.24, 2.45) is 7.05 Å². The Morgan fingerprint density at radius 3 is 2.81 bits per heavy atom. The summed E-state index contributed by atoms with van der Waals surface area (Å²) < 4.78 is 33.1. The first-order chi connectivity index (χ1) is 9.83. The largest absolute Gasteiger partial charge is 0.462 e. The van der Waals surface area contributed by atoms with Crippen LogP contribution in [0.5, 0.6) is 0 Å². The normalized spacial score (nSPS) is 11.4. The summed E-state index contributed by atoms with van der Waals surface area (Å²) in [5, 5.41) is 0.273. The van der Waals surface area contributed by atoms with Crippen molar-refractivity contribution in [3.05, 3.63) is 29.0 Å². The predicted molar refractivity (Wildman–Crippen MR) is 79.0 cm³/mol. The monoisotopic (exact) mass is 329 g/mol. The van der Waals surface area contributed by atoms with Crippen molar-refractivity contribution in [3.8, 4) is 0 Å². The molecule has 0 saturated carbocycles. The average Bonchev–Trinajstić information content (AvgIpc) is 2.96. The molecule has 0 fully saturated rings. The van der Waals surface area contributed by atoms with Crippen molar-refractivity contribution >= 4 is 32.3 Å². The molecule has 21 heavy (non-hydrogen) atoms. The highest BCUT2D eigenvalue weighted by molar-refractivity contribution is 7.92. The number of esters is 1. The third kappa shape index (κ3) is 3.42. The molecule has 2 aromatic rings. The molecular weight excluding hydrogens is 314 g/mol. The number of carbonyl (C=O) groups excluding carboxylic acids is 1. The fourth-order valence-electron chi connectivity index (χ4n) is 1.64. The van der Waals surface area contributed by atoms with Gasteiger partial charge in [0.25, 0.3) is 10.0 Å². The number of sulfonamides is 1. The van der Waals surface area contributed by atoms with Gasteiger partial charge in [-0.25, -0.2) is 9.78 Å². The third-order valence-corrected chi connectivity index (χ3v) is 5.08. The maximum absolute atomic E-state index is 12.1. The van der Waals surface area contributed by atoms with Crippen LogP contribution in [-0.2, 0) is 21.8 Å². The number of aryl methyl sites for hydroxylation is 2. The molecular formula is C12H15N3O4S2. The van der Waals surface area contributed by atoms with Crippen molar-refractivity contribution < 1.29 is 17.9 Å². The first-order valence-electron chi connectivity index (χ1n) is 6.12. The maximum atomic E-state index is 12.1. The Hall–Kier alpha value is -1.87. The minimum Gasteiger partial charge on any atom is -0.462 e. The van der Waals surface area contributed by atoms with Gasteiger partial charge >= 0.3 is 5.97 Å². The van der Waals surface area contributed by atoms with Crippen LogP contribution >= 0.6 is 11.3 Å². The zero-order valence-corrected chi connectivity index (χ0v) is 13.4. The molecule has 0 radical (unpaired) electrons. The Labute approximate surface area is 126 Å². The number of nitrogens with zero attached hydrogens (tertiary/aromatic N) is 2. The van der Waals surface area contributed by atoms with Gasteiger partial charge in [-0.3, -0.25) is 4.72 Å². The minimum atomic E-state index is -3.76. The molecule has 0 aliphatic rings. The Balaban J connectivity index is 2.24. The van der Waals surface area contributed by atoms with E-state index >= 15 is 0 Å². The lowest BCUT2D eigenvalue weighted by Crippen LogP contribution is -2.12. The van der Waals surface area contributed by atoms with Crippen molar-refractivity contribution in [2.75, 3.05) is 11.3 Å². The molecule has 0 aromatic carbocycles. The molecule has 2 heterocycles. The van der Waals surface area contributed by atoms with Crippen LogP contribution in [0.2, 0.25) is 0 Å². The SMILES string of the molecule is CCOC(=O)c1sc(NS(=O)(=O)c2cn(C)cn2)cc1C.